The summed E-state index contributed by atoms with van der Waals surface area (Å²) in [4.78, 5) is 17.4. The number of methoxy groups -OCH3 is 1. The number of hydrogen-bond acceptors (Lipinski definition) is 5. The predicted octanol–water partition coefficient (Wildman–Crippen LogP) is 3.68. The van der Waals surface area contributed by atoms with Gasteiger partial charge in [0.05, 0.1) is 12.8 Å². The summed E-state index contributed by atoms with van der Waals surface area (Å²) in [7, 11) is -2.19. The summed E-state index contributed by atoms with van der Waals surface area (Å²) >= 11 is 0. The van der Waals surface area contributed by atoms with Crippen molar-refractivity contribution in [3.63, 3.8) is 0 Å². The highest BCUT2D eigenvalue weighted by Gasteiger charge is 2.24. The van der Waals surface area contributed by atoms with Gasteiger partial charge in [0.1, 0.15) is 10.6 Å². The van der Waals surface area contributed by atoms with E-state index in [1.165, 1.54) is 27.3 Å². The number of anilines is 1. The average Bonchev–Trinajstić information content (AvgIpc) is 3.14. The highest BCUT2D eigenvalue weighted by molar-refractivity contribution is 7.92. The van der Waals surface area contributed by atoms with Crippen molar-refractivity contribution in [3.05, 3.63) is 100 Å². The number of H-pyrrole nitrogens is 1. The van der Waals surface area contributed by atoms with E-state index in [1.54, 1.807) is 38.3 Å². The van der Waals surface area contributed by atoms with E-state index in [4.69, 9.17) is 4.74 Å². The number of para-hydroxylation sites is 1. The van der Waals surface area contributed by atoms with Crippen molar-refractivity contribution in [2.75, 3.05) is 18.0 Å². The molecule has 176 valence electrons. The van der Waals surface area contributed by atoms with Crippen molar-refractivity contribution in [1.29, 1.82) is 0 Å². The summed E-state index contributed by atoms with van der Waals surface area (Å²) in [6.45, 7) is 3.88. The molecule has 0 spiro atoms. The van der Waals surface area contributed by atoms with Crippen LogP contribution in [-0.4, -0.2) is 36.8 Å². The zero-order valence-corrected chi connectivity index (χ0v) is 20.0. The minimum Gasteiger partial charge on any atom is -0.497 e. The summed E-state index contributed by atoms with van der Waals surface area (Å²) in [6.07, 6.45) is 1.73. The quantitative estimate of drug-likeness (QED) is 0.417. The Hall–Kier alpha value is -3.85. The van der Waals surface area contributed by atoms with Gasteiger partial charge in [-0.25, -0.2) is 18.1 Å². The van der Waals surface area contributed by atoms with Crippen LogP contribution in [0.1, 0.15) is 23.7 Å². The van der Waals surface area contributed by atoms with Crippen LogP contribution < -0.4 is 14.6 Å². The molecule has 0 unspecified atom stereocenters. The number of nitrogens with zero attached hydrogens (tertiary/aromatic N) is 3. The largest absolute Gasteiger partial charge is 0.497 e. The number of hydrogen-bond donors (Lipinski definition) is 1. The number of aromatic nitrogens is 3. The van der Waals surface area contributed by atoms with E-state index in [-0.39, 0.29) is 17.0 Å². The van der Waals surface area contributed by atoms with Crippen LogP contribution in [0, 0.1) is 6.92 Å². The highest BCUT2D eigenvalue weighted by Crippen LogP contribution is 2.23. The molecule has 0 aliphatic heterocycles. The predicted molar refractivity (Wildman–Crippen MR) is 131 cm³/mol. The van der Waals surface area contributed by atoms with Gasteiger partial charge in [-0.15, -0.1) is 0 Å². The third-order valence-corrected chi connectivity index (χ3v) is 7.49. The fourth-order valence-corrected chi connectivity index (χ4v) is 5.19. The van der Waals surface area contributed by atoms with Crippen LogP contribution in [-0.2, 0) is 16.4 Å². The van der Waals surface area contributed by atoms with Crippen LogP contribution >= 0.6 is 0 Å². The van der Waals surface area contributed by atoms with E-state index < -0.39 is 10.0 Å². The average molecular weight is 479 g/mol. The first kappa shape index (κ1) is 23.3. The van der Waals surface area contributed by atoms with E-state index in [0.717, 1.165) is 17.0 Å². The molecular weight excluding hydrogens is 452 g/mol. The molecule has 0 saturated carbocycles. The molecule has 0 fully saturated rings. The van der Waals surface area contributed by atoms with Crippen molar-refractivity contribution in [3.8, 4) is 11.6 Å². The van der Waals surface area contributed by atoms with Crippen molar-refractivity contribution in [1.82, 2.24) is 14.8 Å². The molecule has 0 bridgehead atoms. The van der Waals surface area contributed by atoms with Crippen LogP contribution in [0.2, 0.25) is 0 Å². The van der Waals surface area contributed by atoms with E-state index in [2.05, 4.69) is 10.1 Å². The molecule has 1 N–H and O–H groups in total. The van der Waals surface area contributed by atoms with Crippen molar-refractivity contribution in [2.24, 2.45) is 0 Å². The fourth-order valence-electron chi connectivity index (χ4n) is 3.77. The third-order valence-electron chi connectivity index (χ3n) is 5.60. The molecule has 2 aromatic carbocycles. The normalized spacial score (nSPS) is 11.4. The lowest BCUT2D eigenvalue weighted by molar-refractivity contribution is 0.414. The van der Waals surface area contributed by atoms with Crippen molar-refractivity contribution >= 4 is 15.7 Å². The summed E-state index contributed by atoms with van der Waals surface area (Å²) < 4.78 is 34.2. The molecule has 9 heteroatoms. The Labute approximate surface area is 198 Å². The van der Waals surface area contributed by atoms with Gasteiger partial charge in [-0.2, -0.15) is 0 Å². The zero-order valence-electron chi connectivity index (χ0n) is 19.2. The molecule has 0 atom stereocenters. The first-order valence-corrected chi connectivity index (χ1v) is 12.3. The van der Waals surface area contributed by atoms with E-state index in [0.29, 0.717) is 23.5 Å². The molecule has 0 aliphatic rings. The summed E-state index contributed by atoms with van der Waals surface area (Å²) in [5.41, 5.74) is 2.66. The van der Waals surface area contributed by atoms with Crippen LogP contribution in [0.15, 0.2) is 82.6 Å². The van der Waals surface area contributed by atoms with E-state index in [9.17, 15) is 13.2 Å². The lowest BCUT2D eigenvalue weighted by Gasteiger charge is -2.22. The molecule has 4 rings (SSSR count). The second-order valence-corrected chi connectivity index (χ2v) is 9.60. The first-order chi connectivity index (χ1) is 16.3. The zero-order chi connectivity index (χ0) is 24.3. The molecule has 0 aliphatic carbocycles. The number of ether oxygens (including phenoxy) is 1. The van der Waals surface area contributed by atoms with Gasteiger partial charge in [0.25, 0.3) is 15.6 Å². The van der Waals surface area contributed by atoms with E-state index in [1.807, 2.05) is 37.3 Å². The topological polar surface area (TPSA) is 97.3 Å². The second-order valence-electron chi connectivity index (χ2n) is 7.74. The first-order valence-electron chi connectivity index (χ1n) is 10.8. The van der Waals surface area contributed by atoms with Gasteiger partial charge < -0.3 is 4.74 Å². The maximum atomic E-state index is 13.2. The van der Waals surface area contributed by atoms with Crippen LogP contribution in [0.25, 0.3) is 5.82 Å². The van der Waals surface area contributed by atoms with Crippen LogP contribution in [0.3, 0.4) is 0 Å². The Balaban J connectivity index is 1.62. The van der Waals surface area contributed by atoms with E-state index >= 15 is 0 Å². The minimum absolute atomic E-state index is 0.0525. The Morgan fingerprint density at radius 2 is 1.74 bits per heavy atom. The van der Waals surface area contributed by atoms with Gasteiger partial charge in [-0.3, -0.25) is 14.2 Å². The van der Waals surface area contributed by atoms with Gasteiger partial charge in [-0.05, 0) is 55.8 Å². The molecule has 0 saturated heterocycles. The Kier molecular flexibility index (Phi) is 6.56. The van der Waals surface area contributed by atoms with Gasteiger partial charge >= 0.3 is 0 Å². The SMILES string of the molecule is CCN(c1ccccc1)S(=O)(=O)c1ccc(-n2[nH]c(C)c(Cc3ccc(OC)cc3)c2=O)nc1. The number of benzene rings is 2. The van der Waals surface area contributed by atoms with Gasteiger partial charge in [0.2, 0.25) is 0 Å². The van der Waals surface area contributed by atoms with Gasteiger partial charge in [0, 0.05) is 30.4 Å². The monoisotopic (exact) mass is 478 g/mol. The minimum atomic E-state index is -3.80. The summed E-state index contributed by atoms with van der Waals surface area (Å²) in [5, 5.41) is 3.05. The Morgan fingerprint density at radius 3 is 2.32 bits per heavy atom. The van der Waals surface area contributed by atoms with Crippen LogP contribution in [0.4, 0.5) is 5.69 Å². The molecule has 4 aromatic rings. The molecule has 8 nitrogen and oxygen atoms in total. The summed E-state index contributed by atoms with van der Waals surface area (Å²) in [6, 6.07) is 19.4. The fraction of sp³-hybridized carbons (Fsp3) is 0.200. The highest BCUT2D eigenvalue weighted by atomic mass is 32.2. The standard InChI is InChI=1S/C25H26N4O4S/c1-4-28(20-8-6-5-7-9-20)34(31,32)22-14-15-24(26-17-22)29-25(30)23(18(2)27-29)16-19-10-12-21(33-3)13-11-19/h5-15,17,27H,4,16H2,1-3H3. The molecule has 0 amide bonds. The van der Waals surface area contributed by atoms with Gasteiger partial charge in [0.15, 0.2) is 5.82 Å². The second kappa shape index (κ2) is 9.56. The lowest BCUT2D eigenvalue weighted by Crippen LogP contribution is -2.30. The van der Waals surface area contributed by atoms with Crippen molar-refractivity contribution in [2.45, 2.75) is 25.2 Å². The third kappa shape index (κ3) is 4.47. The Morgan fingerprint density at radius 1 is 1.03 bits per heavy atom. The smallest absolute Gasteiger partial charge is 0.276 e. The van der Waals surface area contributed by atoms with Crippen LogP contribution in [0.5, 0.6) is 5.75 Å². The Bertz CT molecular complexity index is 1430. The maximum absolute atomic E-state index is 13.2. The lowest BCUT2D eigenvalue weighted by atomic mass is 10.1. The van der Waals surface area contributed by atoms with Crippen molar-refractivity contribution < 1.29 is 13.2 Å². The number of aromatic amines is 1. The molecule has 2 heterocycles. The molecule has 34 heavy (non-hydrogen) atoms. The number of nitrogens with one attached hydrogen (secondary N) is 1. The molecular formula is C25H26N4O4S. The number of pyridine rings is 1. The molecule has 2 aromatic heterocycles. The molecule has 0 radical (unpaired) electrons. The number of aryl methyl sites for hydroxylation is 1. The number of sulfonamides is 1. The maximum Gasteiger partial charge on any atom is 0.276 e. The summed E-state index contributed by atoms with van der Waals surface area (Å²) in [5.74, 6) is 1.07. The number of rotatable bonds is 8. The van der Waals surface area contributed by atoms with Gasteiger partial charge in [-0.1, -0.05) is 30.3 Å².